The molecular weight excluding hydrogens is 324 g/mol. The van der Waals surface area contributed by atoms with E-state index < -0.39 is 0 Å². The molecule has 24 heavy (non-hydrogen) atoms. The third-order valence-electron chi connectivity index (χ3n) is 3.55. The highest BCUT2D eigenvalue weighted by molar-refractivity contribution is 7.99. The minimum absolute atomic E-state index is 0.0396. The Hall–Kier alpha value is -2.67. The van der Waals surface area contributed by atoms with Crippen LogP contribution in [0.25, 0.3) is 5.69 Å². The molecule has 0 amide bonds. The number of hydrogen-bond donors (Lipinski definition) is 1. The number of aromatic hydroxyl groups is 1. The number of ketones is 1. The zero-order valence-electron chi connectivity index (χ0n) is 13.3. The lowest BCUT2D eigenvalue weighted by atomic mass is 10.0. The SMILES string of the molecule is Cc1ccc(C(=O)CSc2nnnn2-c2ccc(O)cc2)c(C)c1. The summed E-state index contributed by atoms with van der Waals surface area (Å²) in [4.78, 5) is 12.4. The Morgan fingerprint density at radius 2 is 1.92 bits per heavy atom. The molecule has 7 heteroatoms. The number of hydrogen-bond acceptors (Lipinski definition) is 6. The van der Waals surface area contributed by atoms with Crippen molar-refractivity contribution in [1.82, 2.24) is 20.2 Å². The summed E-state index contributed by atoms with van der Waals surface area (Å²) >= 11 is 1.28. The second-order valence-electron chi connectivity index (χ2n) is 5.42. The summed E-state index contributed by atoms with van der Waals surface area (Å²) in [5, 5.41) is 21.5. The summed E-state index contributed by atoms with van der Waals surface area (Å²) in [7, 11) is 0. The number of carbonyl (C=O) groups is 1. The summed E-state index contributed by atoms with van der Waals surface area (Å²) in [5.74, 6) is 0.464. The maximum atomic E-state index is 12.4. The van der Waals surface area contributed by atoms with Crippen LogP contribution in [0.5, 0.6) is 5.75 Å². The van der Waals surface area contributed by atoms with E-state index in [1.165, 1.54) is 11.8 Å². The average Bonchev–Trinajstić information content (AvgIpc) is 3.02. The molecule has 3 aromatic rings. The first-order valence-corrected chi connectivity index (χ1v) is 8.34. The smallest absolute Gasteiger partial charge is 0.214 e. The molecular formula is C17H16N4O2S. The lowest BCUT2D eigenvalue weighted by Gasteiger charge is -2.06. The molecule has 0 fully saturated rings. The van der Waals surface area contributed by atoms with E-state index in [4.69, 9.17) is 0 Å². The zero-order valence-corrected chi connectivity index (χ0v) is 14.1. The number of phenolic OH excluding ortho intramolecular Hbond substituents is 1. The topological polar surface area (TPSA) is 80.9 Å². The van der Waals surface area contributed by atoms with Crippen molar-refractivity contribution in [1.29, 1.82) is 0 Å². The van der Waals surface area contributed by atoms with Crippen LogP contribution in [-0.4, -0.2) is 36.8 Å². The van der Waals surface area contributed by atoms with Gasteiger partial charge in [-0.2, -0.15) is 4.68 Å². The van der Waals surface area contributed by atoms with Crippen LogP contribution in [0, 0.1) is 13.8 Å². The second-order valence-corrected chi connectivity index (χ2v) is 6.36. The maximum Gasteiger partial charge on any atom is 0.214 e. The fraction of sp³-hybridized carbons (Fsp3) is 0.176. The van der Waals surface area contributed by atoms with E-state index in [1.807, 2.05) is 32.0 Å². The Morgan fingerprint density at radius 3 is 2.62 bits per heavy atom. The molecule has 0 bridgehead atoms. The number of Topliss-reactive ketones (excluding diaryl/α,β-unsaturated/α-hetero) is 1. The molecule has 0 saturated heterocycles. The molecule has 0 radical (unpaired) electrons. The Kier molecular flexibility index (Phi) is 4.61. The predicted molar refractivity (Wildman–Crippen MR) is 91.8 cm³/mol. The fourth-order valence-electron chi connectivity index (χ4n) is 2.36. The monoisotopic (exact) mass is 340 g/mol. The van der Waals surface area contributed by atoms with Crippen LogP contribution in [0.15, 0.2) is 47.6 Å². The molecule has 6 nitrogen and oxygen atoms in total. The predicted octanol–water partition coefficient (Wildman–Crippen LogP) is 2.96. The summed E-state index contributed by atoms with van der Waals surface area (Å²) < 4.78 is 1.54. The van der Waals surface area contributed by atoms with E-state index in [1.54, 1.807) is 28.9 Å². The largest absolute Gasteiger partial charge is 0.508 e. The molecule has 0 spiro atoms. The quantitative estimate of drug-likeness (QED) is 0.568. The lowest BCUT2D eigenvalue weighted by Crippen LogP contribution is -2.06. The number of carbonyl (C=O) groups excluding carboxylic acids is 1. The van der Waals surface area contributed by atoms with Gasteiger partial charge in [-0.1, -0.05) is 35.5 Å². The van der Waals surface area contributed by atoms with Crippen molar-refractivity contribution in [2.75, 3.05) is 5.75 Å². The third kappa shape index (κ3) is 3.46. The van der Waals surface area contributed by atoms with E-state index in [-0.39, 0.29) is 17.3 Å². The van der Waals surface area contributed by atoms with E-state index in [0.29, 0.717) is 5.16 Å². The number of rotatable bonds is 5. The molecule has 122 valence electrons. The van der Waals surface area contributed by atoms with Crippen molar-refractivity contribution in [2.24, 2.45) is 0 Å². The van der Waals surface area contributed by atoms with Gasteiger partial charge in [-0.15, -0.1) is 5.10 Å². The summed E-state index contributed by atoms with van der Waals surface area (Å²) in [5.41, 5.74) is 3.54. The minimum Gasteiger partial charge on any atom is -0.508 e. The van der Waals surface area contributed by atoms with E-state index in [0.717, 1.165) is 22.4 Å². The van der Waals surface area contributed by atoms with Gasteiger partial charge in [0.1, 0.15) is 5.75 Å². The molecule has 2 aromatic carbocycles. The van der Waals surface area contributed by atoms with Gasteiger partial charge in [0.25, 0.3) is 0 Å². The summed E-state index contributed by atoms with van der Waals surface area (Å²) in [6.07, 6.45) is 0. The molecule has 1 aromatic heterocycles. The second kappa shape index (κ2) is 6.84. The van der Waals surface area contributed by atoms with Gasteiger partial charge in [0.2, 0.25) is 5.16 Å². The van der Waals surface area contributed by atoms with Crippen molar-refractivity contribution in [3.05, 3.63) is 59.2 Å². The molecule has 0 saturated carbocycles. The Labute approximate surface area is 143 Å². The number of aromatic nitrogens is 4. The molecule has 0 aliphatic heterocycles. The van der Waals surface area contributed by atoms with E-state index >= 15 is 0 Å². The molecule has 0 aliphatic carbocycles. The number of benzene rings is 2. The number of nitrogens with zero attached hydrogens (tertiary/aromatic N) is 4. The Bertz CT molecular complexity index is 875. The van der Waals surface area contributed by atoms with Crippen LogP contribution in [0.3, 0.4) is 0 Å². The van der Waals surface area contributed by atoms with Gasteiger partial charge >= 0.3 is 0 Å². The fourth-order valence-corrected chi connectivity index (χ4v) is 3.13. The number of tetrazole rings is 1. The highest BCUT2D eigenvalue weighted by Crippen LogP contribution is 2.21. The first kappa shape index (κ1) is 16.2. The van der Waals surface area contributed by atoms with Crippen LogP contribution >= 0.6 is 11.8 Å². The van der Waals surface area contributed by atoms with Gasteiger partial charge in [-0.05, 0) is 54.1 Å². The van der Waals surface area contributed by atoms with Crippen LogP contribution in [0.2, 0.25) is 0 Å². The third-order valence-corrected chi connectivity index (χ3v) is 4.47. The van der Waals surface area contributed by atoms with Crippen molar-refractivity contribution in [3.63, 3.8) is 0 Å². The highest BCUT2D eigenvalue weighted by atomic mass is 32.2. The highest BCUT2D eigenvalue weighted by Gasteiger charge is 2.14. The molecule has 0 unspecified atom stereocenters. The lowest BCUT2D eigenvalue weighted by molar-refractivity contribution is 0.102. The van der Waals surface area contributed by atoms with Crippen LogP contribution in [-0.2, 0) is 0 Å². The summed E-state index contributed by atoms with van der Waals surface area (Å²) in [6.45, 7) is 3.94. The van der Waals surface area contributed by atoms with Crippen molar-refractivity contribution in [3.8, 4) is 11.4 Å². The van der Waals surface area contributed by atoms with E-state index in [2.05, 4.69) is 15.5 Å². The number of phenols is 1. The summed E-state index contributed by atoms with van der Waals surface area (Å²) in [6, 6.07) is 12.3. The normalized spacial score (nSPS) is 10.8. The van der Waals surface area contributed by atoms with Gasteiger partial charge in [0.05, 0.1) is 11.4 Å². The van der Waals surface area contributed by atoms with Crippen LogP contribution in [0.1, 0.15) is 21.5 Å². The first-order chi connectivity index (χ1) is 11.5. The van der Waals surface area contributed by atoms with E-state index in [9.17, 15) is 9.90 Å². The average molecular weight is 340 g/mol. The molecule has 3 rings (SSSR count). The maximum absolute atomic E-state index is 12.4. The van der Waals surface area contributed by atoms with Crippen molar-refractivity contribution >= 4 is 17.5 Å². The minimum atomic E-state index is 0.0396. The van der Waals surface area contributed by atoms with Gasteiger partial charge in [-0.25, -0.2) is 0 Å². The first-order valence-electron chi connectivity index (χ1n) is 7.35. The van der Waals surface area contributed by atoms with Gasteiger partial charge in [0.15, 0.2) is 5.78 Å². The number of aryl methyl sites for hydroxylation is 2. The molecule has 1 heterocycles. The molecule has 0 aliphatic rings. The Balaban J connectivity index is 1.75. The molecule has 1 N–H and O–H groups in total. The van der Waals surface area contributed by atoms with Crippen LogP contribution < -0.4 is 0 Å². The van der Waals surface area contributed by atoms with Crippen molar-refractivity contribution in [2.45, 2.75) is 19.0 Å². The standard InChI is InChI=1S/C17H16N4O2S/c1-11-3-8-15(12(2)9-11)16(23)10-24-17-18-19-20-21(17)13-4-6-14(22)7-5-13/h3-9,22H,10H2,1-2H3. The Morgan fingerprint density at radius 1 is 1.17 bits per heavy atom. The van der Waals surface area contributed by atoms with Gasteiger partial charge in [0, 0.05) is 5.56 Å². The van der Waals surface area contributed by atoms with Crippen LogP contribution in [0.4, 0.5) is 0 Å². The number of thioether (sulfide) groups is 1. The van der Waals surface area contributed by atoms with Gasteiger partial charge in [-0.3, -0.25) is 4.79 Å². The zero-order chi connectivity index (χ0) is 17.1. The van der Waals surface area contributed by atoms with Crippen molar-refractivity contribution < 1.29 is 9.90 Å². The molecule has 0 atom stereocenters. The van der Waals surface area contributed by atoms with Gasteiger partial charge < -0.3 is 5.11 Å².